The maximum absolute atomic E-state index is 12.5. The first kappa shape index (κ1) is 13.5. The van der Waals surface area contributed by atoms with E-state index in [0.717, 1.165) is 68.0 Å². The second kappa shape index (κ2) is 5.23. The van der Waals surface area contributed by atoms with Crippen LogP contribution in [0.4, 0.5) is 0 Å². The van der Waals surface area contributed by atoms with Gasteiger partial charge < -0.3 is 14.4 Å². The van der Waals surface area contributed by atoms with E-state index < -0.39 is 0 Å². The minimum absolute atomic E-state index is 0.0886. The van der Waals surface area contributed by atoms with Gasteiger partial charge in [0.25, 0.3) is 5.91 Å². The molecule has 0 aromatic carbocycles. The first-order valence-corrected chi connectivity index (χ1v) is 7.89. The zero-order chi connectivity index (χ0) is 15.1. The summed E-state index contributed by atoms with van der Waals surface area (Å²) in [5.41, 5.74) is 1.47. The van der Waals surface area contributed by atoms with Gasteiger partial charge in [-0.05, 0) is 32.6 Å². The predicted octanol–water partition coefficient (Wildman–Crippen LogP) is 1.20. The number of fused-ring (bicyclic) bond motifs is 2. The first-order valence-electron chi connectivity index (χ1n) is 7.89. The molecule has 0 radical (unpaired) electrons. The summed E-state index contributed by atoms with van der Waals surface area (Å²) < 4.78 is 7.40. The largest absolute Gasteiger partial charge is 0.360 e. The zero-order valence-corrected chi connectivity index (χ0v) is 12.6. The Kier molecular flexibility index (Phi) is 3.20. The van der Waals surface area contributed by atoms with Gasteiger partial charge in [-0.3, -0.25) is 4.79 Å². The Hall–Kier alpha value is -2.18. The van der Waals surface area contributed by atoms with Crippen molar-refractivity contribution in [3.8, 4) is 0 Å². The molecule has 3 heterocycles. The Balaban J connectivity index is 1.49. The molecule has 2 aromatic heterocycles. The molecule has 0 spiro atoms. The summed E-state index contributed by atoms with van der Waals surface area (Å²) in [6.45, 7) is 2.66. The van der Waals surface area contributed by atoms with Crippen molar-refractivity contribution >= 4 is 5.91 Å². The number of aryl methyl sites for hydroxylation is 3. The lowest BCUT2D eigenvalue weighted by atomic mass is 9.96. The summed E-state index contributed by atoms with van der Waals surface area (Å²) in [5.74, 6) is 2.66. The summed E-state index contributed by atoms with van der Waals surface area (Å²) in [6, 6.07) is 0.0886. The van der Waals surface area contributed by atoms with Crippen LogP contribution in [0.2, 0.25) is 0 Å². The van der Waals surface area contributed by atoms with E-state index in [2.05, 4.69) is 25.2 Å². The SMILES string of the molecule is Cc1nnc2n1C[C@H](NC(=O)c1noc3c1CCCC3)CC2. The van der Waals surface area contributed by atoms with Gasteiger partial charge in [0.15, 0.2) is 5.69 Å². The van der Waals surface area contributed by atoms with E-state index in [4.69, 9.17) is 4.52 Å². The number of carbonyl (C=O) groups is 1. The number of rotatable bonds is 2. The molecule has 1 aliphatic carbocycles. The highest BCUT2D eigenvalue weighted by molar-refractivity contribution is 5.94. The summed E-state index contributed by atoms with van der Waals surface area (Å²) >= 11 is 0. The van der Waals surface area contributed by atoms with Crippen LogP contribution >= 0.6 is 0 Å². The summed E-state index contributed by atoms with van der Waals surface area (Å²) in [7, 11) is 0. The average Bonchev–Trinajstić information content (AvgIpc) is 3.12. The zero-order valence-electron chi connectivity index (χ0n) is 12.6. The smallest absolute Gasteiger partial charge is 0.274 e. The fourth-order valence-corrected chi connectivity index (χ4v) is 3.40. The minimum atomic E-state index is -0.119. The molecule has 0 fully saturated rings. The van der Waals surface area contributed by atoms with Crippen LogP contribution in [0.25, 0.3) is 0 Å². The molecule has 0 unspecified atom stereocenters. The van der Waals surface area contributed by atoms with Crippen LogP contribution in [-0.4, -0.2) is 31.9 Å². The minimum Gasteiger partial charge on any atom is -0.360 e. The van der Waals surface area contributed by atoms with Gasteiger partial charge in [-0.25, -0.2) is 0 Å². The third-order valence-electron chi connectivity index (χ3n) is 4.63. The standard InChI is InChI=1S/C15H19N5O2/c1-9-17-18-13-7-6-10(8-20(9)13)16-15(21)14-11-4-2-3-5-12(11)22-19-14/h10H,2-8H2,1H3,(H,16,21)/t10-/m1/s1. The Morgan fingerprint density at radius 2 is 2.14 bits per heavy atom. The number of amides is 1. The Morgan fingerprint density at radius 3 is 3.05 bits per heavy atom. The van der Waals surface area contributed by atoms with Crippen LogP contribution in [0.1, 0.15) is 52.7 Å². The van der Waals surface area contributed by atoms with Gasteiger partial charge in [0.2, 0.25) is 0 Å². The molecule has 1 amide bonds. The van der Waals surface area contributed by atoms with Gasteiger partial charge >= 0.3 is 0 Å². The van der Waals surface area contributed by atoms with E-state index in [1.807, 2.05) is 6.92 Å². The van der Waals surface area contributed by atoms with Gasteiger partial charge in [-0.2, -0.15) is 0 Å². The predicted molar refractivity (Wildman–Crippen MR) is 77.5 cm³/mol. The second-order valence-corrected chi connectivity index (χ2v) is 6.12. The average molecular weight is 301 g/mol. The number of hydrogen-bond acceptors (Lipinski definition) is 5. The van der Waals surface area contributed by atoms with Crippen molar-refractivity contribution in [1.82, 2.24) is 25.2 Å². The van der Waals surface area contributed by atoms with E-state index in [-0.39, 0.29) is 11.9 Å². The van der Waals surface area contributed by atoms with Crippen molar-refractivity contribution in [3.05, 3.63) is 28.7 Å². The Labute approximate surface area is 128 Å². The summed E-state index contributed by atoms with van der Waals surface area (Å²) in [6.07, 6.45) is 5.71. The first-order chi connectivity index (χ1) is 10.7. The lowest BCUT2D eigenvalue weighted by molar-refractivity contribution is 0.0917. The van der Waals surface area contributed by atoms with Crippen LogP contribution in [0, 0.1) is 6.92 Å². The van der Waals surface area contributed by atoms with E-state index in [1.54, 1.807) is 0 Å². The fraction of sp³-hybridized carbons (Fsp3) is 0.600. The van der Waals surface area contributed by atoms with Gasteiger partial charge in [-0.1, -0.05) is 5.16 Å². The molecule has 2 aromatic rings. The molecule has 22 heavy (non-hydrogen) atoms. The van der Waals surface area contributed by atoms with Crippen LogP contribution in [0.3, 0.4) is 0 Å². The number of carbonyl (C=O) groups excluding carboxylic acids is 1. The number of nitrogens with zero attached hydrogens (tertiary/aromatic N) is 4. The van der Waals surface area contributed by atoms with Crippen molar-refractivity contribution in [2.24, 2.45) is 0 Å². The van der Waals surface area contributed by atoms with Gasteiger partial charge in [0, 0.05) is 31.0 Å². The molecule has 4 rings (SSSR count). The monoisotopic (exact) mass is 301 g/mol. The highest BCUT2D eigenvalue weighted by Gasteiger charge is 2.27. The van der Waals surface area contributed by atoms with Crippen molar-refractivity contribution < 1.29 is 9.32 Å². The van der Waals surface area contributed by atoms with Crippen LogP contribution < -0.4 is 5.32 Å². The van der Waals surface area contributed by atoms with Crippen LogP contribution in [0.15, 0.2) is 4.52 Å². The molecule has 0 saturated carbocycles. The fourth-order valence-electron chi connectivity index (χ4n) is 3.40. The second-order valence-electron chi connectivity index (χ2n) is 6.12. The molecule has 7 nitrogen and oxygen atoms in total. The molecule has 0 bridgehead atoms. The third kappa shape index (κ3) is 2.20. The maximum atomic E-state index is 12.5. The molecule has 7 heteroatoms. The summed E-state index contributed by atoms with van der Waals surface area (Å²) in [4.78, 5) is 12.5. The Bertz CT molecular complexity index is 718. The molecule has 116 valence electrons. The molecule has 1 aliphatic heterocycles. The van der Waals surface area contributed by atoms with Gasteiger partial charge in [0.05, 0.1) is 0 Å². The van der Waals surface area contributed by atoms with E-state index >= 15 is 0 Å². The van der Waals surface area contributed by atoms with Gasteiger partial charge in [-0.15, -0.1) is 10.2 Å². The number of nitrogens with one attached hydrogen (secondary N) is 1. The van der Waals surface area contributed by atoms with E-state index in [0.29, 0.717) is 5.69 Å². The Morgan fingerprint density at radius 1 is 1.27 bits per heavy atom. The maximum Gasteiger partial charge on any atom is 0.274 e. The quantitative estimate of drug-likeness (QED) is 0.900. The molecule has 2 aliphatic rings. The number of hydrogen-bond donors (Lipinski definition) is 1. The topological polar surface area (TPSA) is 85.8 Å². The van der Waals surface area contributed by atoms with Gasteiger partial charge in [0.1, 0.15) is 17.4 Å². The molecular formula is C15H19N5O2. The van der Waals surface area contributed by atoms with Crippen molar-refractivity contribution in [2.45, 2.75) is 58.0 Å². The third-order valence-corrected chi connectivity index (χ3v) is 4.63. The lowest BCUT2D eigenvalue weighted by Crippen LogP contribution is -2.41. The molecule has 1 N–H and O–H groups in total. The summed E-state index contributed by atoms with van der Waals surface area (Å²) in [5, 5.41) is 15.3. The van der Waals surface area contributed by atoms with E-state index in [9.17, 15) is 4.79 Å². The van der Waals surface area contributed by atoms with Crippen LogP contribution in [0.5, 0.6) is 0 Å². The number of aromatic nitrogens is 4. The van der Waals surface area contributed by atoms with E-state index in [1.165, 1.54) is 0 Å². The highest BCUT2D eigenvalue weighted by Crippen LogP contribution is 2.24. The molecule has 1 atom stereocenters. The van der Waals surface area contributed by atoms with Crippen LogP contribution in [-0.2, 0) is 25.8 Å². The van der Waals surface area contributed by atoms with Crippen molar-refractivity contribution in [2.75, 3.05) is 0 Å². The van der Waals surface area contributed by atoms with Crippen molar-refractivity contribution in [1.29, 1.82) is 0 Å². The molecular weight excluding hydrogens is 282 g/mol. The molecule has 0 saturated heterocycles. The normalized spacial score (nSPS) is 20.3. The van der Waals surface area contributed by atoms with Crippen molar-refractivity contribution in [3.63, 3.8) is 0 Å². The lowest BCUT2D eigenvalue weighted by Gasteiger charge is -2.24. The highest BCUT2D eigenvalue weighted by atomic mass is 16.5.